The maximum absolute atomic E-state index is 12.8. The summed E-state index contributed by atoms with van der Waals surface area (Å²) in [5.74, 6) is -1.18. The second kappa shape index (κ2) is 8.49. The molecule has 4 rings (SSSR count). The van der Waals surface area contributed by atoms with Crippen LogP contribution >= 0.6 is 0 Å². The number of rotatable bonds is 6. The van der Waals surface area contributed by atoms with Gasteiger partial charge in [-0.25, -0.2) is 14.3 Å². The van der Waals surface area contributed by atoms with E-state index in [1.807, 2.05) is 0 Å². The quantitative estimate of drug-likeness (QED) is 0.268. The van der Waals surface area contributed by atoms with Gasteiger partial charge in [-0.05, 0) is 32.0 Å². The van der Waals surface area contributed by atoms with Crippen molar-refractivity contribution in [3.05, 3.63) is 69.8 Å². The van der Waals surface area contributed by atoms with Crippen LogP contribution in [0, 0.1) is 17.0 Å². The number of benzene rings is 1. The van der Waals surface area contributed by atoms with Crippen molar-refractivity contribution in [2.24, 2.45) is 7.05 Å². The fraction of sp³-hybridized carbons (Fsp3) is 0.190. The number of esters is 1. The SMILES string of the molecule is CCOC(=O)c1cnn2c(-c3cccc(NC(=O)c4c([N+](=O)[O-])c(C)nn4C)c3)ccnc12. The molecule has 0 spiro atoms. The Hall–Kier alpha value is -4.61. The zero-order valence-electron chi connectivity index (χ0n) is 18.0. The van der Waals surface area contributed by atoms with Gasteiger partial charge < -0.3 is 10.1 Å². The standard InChI is InChI=1S/C21H19N7O5/c1-4-33-21(30)15-11-23-27-16(8-9-22-19(15)27)13-6-5-7-14(10-13)24-20(29)18-17(28(31)32)12(2)25-26(18)3/h5-11H,4H2,1-3H3,(H,24,29). The Bertz CT molecular complexity index is 1410. The van der Waals surface area contributed by atoms with Gasteiger partial charge in [0, 0.05) is 24.5 Å². The third kappa shape index (κ3) is 3.89. The first-order valence-corrected chi connectivity index (χ1v) is 9.91. The Kier molecular flexibility index (Phi) is 5.56. The van der Waals surface area contributed by atoms with Gasteiger partial charge in [-0.2, -0.15) is 10.2 Å². The van der Waals surface area contributed by atoms with Crippen LogP contribution in [-0.4, -0.2) is 47.8 Å². The highest BCUT2D eigenvalue weighted by Crippen LogP contribution is 2.26. The van der Waals surface area contributed by atoms with Crippen molar-refractivity contribution in [1.29, 1.82) is 0 Å². The van der Waals surface area contributed by atoms with Crippen LogP contribution in [0.4, 0.5) is 11.4 Å². The summed E-state index contributed by atoms with van der Waals surface area (Å²) in [7, 11) is 1.47. The minimum Gasteiger partial charge on any atom is -0.462 e. The number of carbonyl (C=O) groups is 2. The Balaban J connectivity index is 1.69. The van der Waals surface area contributed by atoms with Crippen molar-refractivity contribution in [3.63, 3.8) is 0 Å². The number of nitrogens with zero attached hydrogens (tertiary/aromatic N) is 6. The number of ether oxygens (including phenoxy) is 1. The van der Waals surface area contributed by atoms with E-state index in [1.54, 1.807) is 43.5 Å². The molecule has 4 aromatic rings. The summed E-state index contributed by atoms with van der Waals surface area (Å²) in [6.45, 7) is 3.41. The van der Waals surface area contributed by atoms with Crippen molar-refractivity contribution in [1.82, 2.24) is 24.4 Å². The van der Waals surface area contributed by atoms with E-state index in [2.05, 4.69) is 20.5 Å². The summed E-state index contributed by atoms with van der Waals surface area (Å²) < 4.78 is 7.73. The number of anilines is 1. The van der Waals surface area contributed by atoms with E-state index >= 15 is 0 Å². The van der Waals surface area contributed by atoms with E-state index in [4.69, 9.17) is 4.74 Å². The lowest BCUT2D eigenvalue weighted by Gasteiger charge is -2.09. The molecule has 0 saturated heterocycles. The second-order valence-electron chi connectivity index (χ2n) is 7.04. The molecular formula is C21H19N7O5. The number of aromatic nitrogens is 5. The molecule has 1 aromatic carbocycles. The summed E-state index contributed by atoms with van der Waals surface area (Å²) in [5, 5.41) is 22.3. The number of carbonyl (C=O) groups excluding carboxylic acids is 2. The summed E-state index contributed by atoms with van der Waals surface area (Å²) in [6, 6.07) is 8.57. The van der Waals surface area contributed by atoms with Gasteiger partial charge in [0.25, 0.3) is 5.91 Å². The minimum atomic E-state index is -0.662. The summed E-state index contributed by atoms with van der Waals surface area (Å²) in [4.78, 5) is 40.0. The number of fused-ring (bicyclic) bond motifs is 1. The zero-order chi connectivity index (χ0) is 23.7. The van der Waals surface area contributed by atoms with Gasteiger partial charge >= 0.3 is 11.7 Å². The molecule has 1 N–H and O–H groups in total. The van der Waals surface area contributed by atoms with Gasteiger partial charge in [-0.1, -0.05) is 12.1 Å². The monoisotopic (exact) mass is 449 g/mol. The zero-order valence-corrected chi connectivity index (χ0v) is 18.0. The normalized spacial score (nSPS) is 10.9. The number of amides is 1. The predicted molar refractivity (Wildman–Crippen MR) is 117 cm³/mol. The second-order valence-corrected chi connectivity index (χ2v) is 7.04. The molecule has 3 aromatic heterocycles. The largest absolute Gasteiger partial charge is 0.462 e. The molecule has 12 heteroatoms. The Morgan fingerprint density at radius 1 is 1.27 bits per heavy atom. The molecule has 12 nitrogen and oxygen atoms in total. The van der Waals surface area contributed by atoms with Crippen LogP contribution in [0.3, 0.4) is 0 Å². The van der Waals surface area contributed by atoms with Gasteiger partial charge in [0.2, 0.25) is 5.69 Å². The van der Waals surface area contributed by atoms with E-state index < -0.39 is 16.8 Å². The van der Waals surface area contributed by atoms with Gasteiger partial charge in [0.15, 0.2) is 5.65 Å². The molecule has 33 heavy (non-hydrogen) atoms. The van der Waals surface area contributed by atoms with E-state index in [1.165, 1.54) is 29.4 Å². The van der Waals surface area contributed by atoms with Crippen LogP contribution in [0.25, 0.3) is 16.9 Å². The average Bonchev–Trinajstić information content (AvgIpc) is 3.34. The highest BCUT2D eigenvalue weighted by atomic mass is 16.6. The van der Waals surface area contributed by atoms with Crippen molar-refractivity contribution in [2.45, 2.75) is 13.8 Å². The number of aryl methyl sites for hydroxylation is 2. The van der Waals surface area contributed by atoms with Crippen LogP contribution in [0.15, 0.2) is 42.7 Å². The molecule has 0 radical (unpaired) electrons. The van der Waals surface area contributed by atoms with Crippen molar-refractivity contribution in [2.75, 3.05) is 11.9 Å². The molecule has 0 aliphatic rings. The number of nitrogens with one attached hydrogen (secondary N) is 1. The number of nitro groups is 1. The molecule has 0 bridgehead atoms. The molecule has 0 aliphatic carbocycles. The lowest BCUT2D eigenvalue weighted by atomic mass is 10.1. The van der Waals surface area contributed by atoms with E-state index in [0.717, 1.165) is 0 Å². The predicted octanol–water partition coefficient (Wildman–Crippen LogP) is 2.78. The Labute approximate surface area is 187 Å². The van der Waals surface area contributed by atoms with Crippen LogP contribution in [0.2, 0.25) is 0 Å². The average molecular weight is 449 g/mol. The van der Waals surface area contributed by atoms with Crippen molar-refractivity contribution >= 4 is 28.9 Å². The smallest absolute Gasteiger partial charge is 0.343 e. The molecular weight excluding hydrogens is 430 g/mol. The van der Waals surface area contributed by atoms with Gasteiger partial charge in [0.05, 0.1) is 23.4 Å². The first kappa shape index (κ1) is 21.6. The van der Waals surface area contributed by atoms with Gasteiger partial charge in [0.1, 0.15) is 11.3 Å². The summed E-state index contributed by atoms with van der Waals surface area (Å²) in [5.41, 5.74) is 1.93. The number of hydrogen-bond donors (Lipinski definition) is 1. The third-order valence-corrected chi connectivity index (χ3v) is 4.90. The third-order valence-electron chi connectivity index (χ3n) is 4.90. The number of hydrogen-bond acceptors (Lipinski definition) is 8. The molecule has 0 fully saturated rings. The Morgan fingerprint density at radius 3 is 2.79 bits per heavy atom. The molecule has 168 valence electrons. The molecule has 0 aliphatic heterocycles. The fourth-order valence-corrected chi connectivity index (χ4v) is 3.53. The van der Waals surface area contributed by atoms with Crippen molar-refractivity contribution < 1.29 is 19.2 Å². The lowest BCUT2D eigenvalue weighted by Crippen LogP contribution is -2.17. The topological polar surface area (TPSA) is 147 Å². The first-order chi connectivity index (χ1) is 15.8. The van der Waals surface area contributed by atoms with Gasteiger partial charge in [-0.15, -0.1) is 0 Å². The fourth-order valence-electron chi connectivity index (χ4n) is 3.53. The van der Waals surface area contributed by atoms with Crippen LogP contribution in [-0.2, 0) is 11.8 Å². The summed E-state index contributed by atoms with van der Waals surface area (Å²) >= 11 is 0. The lowest BCUT2D eigenvalue weighted by molar-refractivity contribution is -0.385. The first-order valence-electron chi connectivity index (χ1n) is 9.91. The van der Waals surface area contributed by atoms with Crippen LogP contribution < -0.4 is 5.32 Å². The molecule has 0 unspecified atom stereocenters. The molecule has 0 atom stereocenters. The maximum atomic E-state index is 12.8. The Morgan fingerprint density at radius 2 is 2.06 bits per heavy atom. The van der Waals surface area contributed by atoms with E-state index in [9.17, 15) is 19.7 Å². The minimum absolute atomic E-state index is 0.150. The van der Waals surface area contributed by atoms with E-state index in [-0.39, 0.29) is 29.2 Å². The molecule has 1 amide bonds. The van der Waals surface area contributed by atoms with Crippen LogP contribution in [0.5, 0.6) is 0 Å². The maximum Gasteiger partial charge on any atom is 0.343 e. The molecule has 3 heterocycles. The van der Waals surface area contributed by atoms with Crippen molar-refractivity contribution in [3.8, 4) is 11.3 Å². The highest BCUT2D eigenvalue weighted by molar-refractivity contribution is 6.06. The highest BCUT2D eigenvalue weighted by Gasteiger charge is 2.29. The molecule has 0 saturated carbocycles. The van der Waals surface area contributed by atoms with Crippen LogP contribution in [0.1, 0.15) is 33.5 Å². The summed E-state index contributed by atoms with van der Waals surface area (Å²) in [6.07, 6.45) is 2.93. The van der Waals surface area contributed by atoms with E-state index in [0.29, 0.717) is 22.6 Å². The van der Waals surface area contributed by atoms with Gasteiger partial charge in [-0.3, -0.25) is 19.6 Å².